The Hall–Kier alpha value is -1.42. The molecule has 0 fully saturated rings. The van der Waals surface area contributed by atoms with Crippen LogP contribution in [0.1, 0.15) is 44.0 Å². The van der Waals surface area contributed by atoms with Crippen molar-refractivity contribution in [2.45, 2.75) is 38.5 Å². The second kappa shape index (κ2) is 5.83. The average molecular weight is 364 g/mol. The molecule has 0 radical (unpaired) electrons. The summed E-state index contributed by atoms with van der Waals surface area (Å²) in [6.07, 6.45) is 1.55. The van der Waals surface area contributed by atoms with Gasteiger partial charge in [0.2, 0.25) is 0 Å². The number of hydrogen-bond donors (Lipinski definition) is 0. The molecule has 0 spiro atoms. The van der Waals surface area contributed by atoms with Gasteiger partial charge in [0.05, 0.1) is 10.6 Å². The zero-order chi connectivity index (χ0) is 16.9. The lowest BCUT2D eigenvalue weighted by molar-refractivity contribution is -0.126. The first kappa shape index (κ1) is 16.1. The van der Waals surface area contributed by atoms with E-state index in [0.29, 0.717) is 22.5 Å². The summed E-state index contributed by atoms with van der Waals surface area (Å²) >= 11 is 12.6. The van der Waals surface area contributed by atoms with Crippen molar-refractivity contribution in [2.24, 2.45) is 0 Å². The Morgan fingerprint density at radius 2 is 1.92 bits per heavy atom. The van der Waals surface area contributed by atoms with Crippen LogP contribution in [0.25, 0.3) is 0 Å². The van der Waals surface area contributed by atoms with E-state index >= 15 is 0 Å². The predicted octanol–water partition coefficient (Wildman–Crippen LogP) is 5.89. The molecule has 0 aromatic heterocycles. The summed E-state index contributed by atoms with van der Waals surface area (Å²) in [7, 11) is 0. The number of hydrogen-bond acceptors (Lipinski definition) is 3. The lowest BCUT2D eigenvalue weighted by atomic mass is 9.84. The summed E-state index contributed by atoms with van der Waals surface area (Å²) in [4.78, 5) is 2.13. The lowest BCUT2D eigenvalue weighted by Crippen LogP contribution is -2.48. The van der Waals surface area contributed by atoms with Crippen LogP contribution in [-0.4, -0.2) is 6.73 Å². The largest absolute Gasteiger partial charge is 0.471 e. The van der Waals surface area contributed by atoms with Crippen molar-refractivity contribution in [3.63, 3.8) is 0 Å². The average Bonchev–Trinajstić information content (AvgIpc) is 2.60. The molecule has 2 heterocycles. The molecule has 2 aromatic rings. The van der Waals surface area contributed by atoms with E-state index < -0.39 is 0 Å². The normalized spacial score (nSPS) is 20.7. The van der Waals surface area contributed by atoms with E-state index in [1.807, 2.05) is 6.07 Å². The molecule has 5 heteroatoms. The highest BCUT2D eigenvalue weighted by Crippen LogP contribution is 2.53. The minimum Gasteiger partial charge on any atom is -0.471 e. The van der Waals surface area contributed by atoms with Gasteiger partial charge in [0.25, 0.3) is 0 Å². The van der Waals surface area contributed by atoms with E-state index in [9.17, 15) is 0 Å². The van der Waals surface area contributed by atoms with Crippen molar-refractivity contribution in [3.05, 3.63) is 57.6 Å². The molecule has 2 aromatic carbocycles. The molecule has 0 unspecified atom stereocenters. The Bertz CT molecular complexity index is 789. The standard InChI is InChI=1S/C19H19Cl2NO2/c1-3-19(4-2)14-7-5-6-8-16(14)22-11-23-17-13(18(22)24-19)9-12(20)10-15(17)21/h5-10,18H,3-4,11H2,1-2H3/t18-/m1/s1. The molecule has 1 atom stereocenters. The highest BCUT2D eigenvalue weighted by molar-refractivity contribution is 6.35. The summed E-state index contributed by atoms with van der Waals surface area (Å²) in [5, 5.41) is 1.11. The number of benzene rings is 2. The van der Waals surface area contributed by atoms with Crippen molar-refractivity contribution in [3.8, 4) is 5.75 Å². The maximum absolute atomic E-state index is 6.67. The van der Waals surface area contributed by atoms with Gasteiger partial charge in [-0.05, 0) is 31.0 Å². The zero-order valence-corrected chi connectivity index (χ0v) is 15.2. The summed E-state index contributed by atoms with van der Waals surface area (Å²) in [6.45, 7) is 4.74. The number of fused-ring (bicyclic) bond motifs is 5. The predicted molar refractivity (Wildman–Crippen MR) is 97.0 cm³/mol. The first-order valence-electron chi connectivity index (χ1n) is 8.25. The SMILES string of the molecule is CCC1(CC)O[C@@H]2c3cc(Cl)cc(Cl)c3OCN2c2ccccc21. The third kappa shape index (κ3) is 2.22. The van der Waals surface area contributed by atoms with Gasteiger partial charge in [-0.25, -0.2) is 0 Å². The highest BCUT2D eigenvalue weighted by atomic mass is 35.5. The van der Waals surface area contributed by atoms with E-state index in [1.165, 1.54) is 5.56 Å². The van der Waals surface area contributed by atoms with Gasteiger partial charge >= 0.3 is 0 Å². The molecule has 3 nitrogen and oxygen atoms in total. The molecule has 126 valence electrons. The molecule has 2 aliphatic rings. The van der Waals surface area contributed by atoms with Gasteiger partial charge in [0, 0.05) is 21.8 Å². The fourth-order valence-electron chi connectivity index (χ4n) is 3.79. The van der Waals surface area contributed by atoms with Crippen molar-refractivity contribution in [1.82, 2.24) is 0 Å². The monoisotopic (exact) mass is 363 g/mol. The van der Waals surface area contributed by atoms with Crippen LogP contribution in [0.2, 0.25) is 10.0 Å². The van der Waals surface area contributed by atoms with Crippen LogP contribution in [-0.2, 0) is 10.3 Å². The number of ether oxygens (including phenoxy) is 2. The molecular weight excluding hydrogens is 345 g/mol. The number of nitrogens with zero attached hydrogens (tertiary/aromatic N) is 1. The molecule has 24 heavy (non-hydrogen) atoms. The van der Waals surface area contributed by atoms with Crippen molar-refractivity contribution in [1.29, 1.82) is 0 Å². The molecule has 0 amide bonds. The third-order valence-electron chi connectivity index (χ3n) is 5.12. The summed E-state index contributed by atoms with van der Waals surface area (Å²) in [6, 6.07) is 12.0. The summed E-state index contributed by atoms with van der Waals surface area (Å²) in [5.74, 6) is 0.669. The second-order valence-corrected chi connectivity index (χ2v) is 7.08. The number of para-hydroxylation sites is 1. The highest BCUT2D eigenvalue weighted by Gasteiger charge is 2.45. The molecule has 0 saturated heterocycles. The Kier molecular flexibility index (Phi) is 3.91. The Labute approximate surface area is 152 Å². The van der Waals surface area contributed by atoms with Crippen LogP contribution in [0.4, 0.5) is 5.69 Å². The van der Waals surface area contributed by atoms with E-state index in [4.69, 9.17) is 32.7 Å². The smallest absolute Gasteiger partial charge is 0.163 e. The fraction of sp³-hybridized carbons (Fsp3) is 0.368. The van der Waals surface area contributed by atoms with Gasteiger partial charge in [-0.15, -0.1) is 0 Å². The van der Waals surface area contributed by atoms with Crippen LogP contribution in [0.5, 0.6) is 5.75 Å². The van der Waals surface area contributed by atoms with Crippen LogP contribution >= 0.6 is 23.2 Å². The Morgan fingerprint density at radius 3 is 2.67 bits per heavy atom. The first-order chi connectivity index (χ1) is 11.6. The Balaban J connectivity index is 1.92. The topological polar surface area (TPSA) is 21.7 Å². The van der Waals surface area contributed by atoms with Gasteiger partial charge < -0.3 is 14.4 Å². The van der Waals surface area contributed by atoms with Crippen LogP contribution in [0.3, 0.4) is 0 Å². The molecule has 0 saturated carbocycles. The number of rotatable bonds is 2. The minimum absolute atomic E-state index is 0.250. The molecular formula is C19H19Cl2NO2. The van der Waals surface area contributed by atoms with Crippen LogP contribution < -0.4 is 9.64 Å². The third-order valence-corrected chi connectivity index (χ3v) is 5.62. The van der Waals surface area contributed by atoms with E-state index in [0.717, 1.165) is 24.1 Å². The second-order valence-electron chi connectivity index (χ2n) is 6.24. The van der Waals surface area contributed by atoms with Gasteiger partial charge in [-0.2, -0.15) is 0 Å². The molecule has 2 aliphatic heterocycles. The van der Waals surface area contributed by atoms with Crippen LogP contribution in [0, 0.1) is 0 Å². The maximum atomic E-state index is 6.67. The molecule has 4 rings (SSSR count). The molecule has 0 N–H and O–H groups in total. The van der Waals surface area contributed by atoms with Gasteiger partial charge in [-0.1, -0.05) is 55.2 Å². The lowest BCUT2D eigenvalue weighted by Gasteiger charge is -2.50. The molecule has 0 bridgehead atoms. The quantitative estimate of drug-likeness (QED) is 0.663. The zero-order valence-electron chi connectivity index (χ0n) is 13.7. The Morgan fingerprint density at radius 1 is 1.17 bits per heavy atom. The fourth-order valence-corrected chi connectivity index (χ4v) is 4.36. The van der Waals surface area contributed by atoms with Crippen molar-refractivity contribution >= 4 is 28.9 Å². The minimum atomic E-state index is -0.318. The first-order valence-corrected chi connectivity index (χ1v) is 9.01. The summed E-state index contributed by atoms with van der Waals surface area (Å²) in [5.41, 5.74) is 2.94. The van der Waals surface area contributed by atoms with Crippen molar-refractivity contribution in [2.75, 3.05) is 11.6 Å². The maximum Gasteiger partial charge on any atom is 0.163 e. The van der Waals surface area contributed by atoms with E-state index in [2.05, 4.69) is 43.0 Å². The molecule has 0 aliphatic carbocycles. The van der Waals surface area contributed by atoms with Gasteiger partial charge in [0.15, 0.2) is 13.0 Å². The number of anilines is 1. The summed E-state index contributed by atoms with van der Waals surface area (Å²) < 4.78 is 12.6. The van der Waals surface area contributed by atoms with E-state index in [-0.39, 0.29) is 11.8 Å². The van der Waals surface area contributed by atoms with Crippen LogP contribution in [0.15, 0.2) is 36.4 Å². The van der Waals surface area contributed by atoms with Crippen molar-refractivity contribution < 1.29 is 9.47 Å². The van der Waals surface area contributed by atoms with E-state index in [1.54, 1.807) is 6.07 Å². The van der Waals surface area contributed by atoms with Gasteiger partial charge in [0.1, 0.15) is 5.75 Å². The number of halogens is 2. The van der Waals surface area contributed by atoms with Gasteiger partial charge in [-0.3, -0.25) is 0 Å².